The minimum Gasteiger partial charge on any atom is -0.444 e. The number of carbonyl (C=O) groups is 1. The van der Waals surface area contributed by atoms with Gasteiger partial charge in [-0.15, -0.1) is 0 Å². The van der Waals surface area contributed by atoms with E-state index in [0.29, 0.717) is 5.56 Å². The van der Waals surface area contributed by atoms with E-state index in [4.69, 9.17) is 16.3 Å². The number of nitrogens with zero attached hydrogens (tertiary/aromatic N) is 1. The van der Waals surface area contributed by atoms with E-state index in [1.165, 1.54) is 6.20 Å². The lowest BCUT2D eigenvalue weighted by Crippen LogP contribution is -2.28. The third-order valence-electron chi connectivity index (χ3n) is 2.51. The Labute approximate surface area is 124 Å². The molecule has 1 atom stereocenters. The van der Waals surface area contributed by atoms with Gasteiger partial charge in [-0.3, -0.25) is 5.32 Å². The lowest BCUT2D eigenvalue weighted by Gasteiger charge is -2.22. The fourth-order valence-corrected chi connectivity index (χ4v) is 1.80. The molecule has 0 aromatic carbocycles. The van der Waals surface area contributed by atoms with Crippen molar-refractivity contribution < 1.29 is 14.6 Å². The number of pyridine rings is 1. The van der Waals surface area contributed by atoms with Crippen molar-refractivity contribution in [2.24, 2.45) is 5.92 Å². The molecule has 0 radical (unpaired) electrons. The number of carbonyl (C=O) groups excluding carboxylic acids is 1. The first-order valence-corrected chi connectivity index (χ1v) is 6.82. The highest BCUT2D eigenvalue weighted by molar-refractivity contribution is 6.32. The van der Waals surface area contributed by atoms with Crippen LogP contribution < -0.4 is 5.32 Å². The summed E-state index contributed by atoms with van der Waals surface area (Å²) in [5, 5.41) is 12.8. The number of aromatic nitrogens is 1. The van der Waals surface area contributed by atoms with Gasteiger partial charge in [0.1, 0.15) is 5.60 Å². The molecule has 1 rings (SSSR count). The molecule has 1 unspecified atom stereocenters. The van der Waals surface area contributed by atoms with Crippen LogP contribution in [0.1, 0.15) is 46.3 Å². The maximum Gasteiger partial charge on any atom is 0.412 e. The highest BCUT2D eigenvalue weighted by Gasteiger charge is 2.22. The zero-order chi connectivity index (χ0) is 15.5. The molecule has 0 saturated carbocycles. The number of halogens is 1. The molecule has 0 aliphatic heterocycles. The number of hydrogen-bond acceptors (Lipinski definition) is 4. The van der Waals surface area contributed by atoms with E-state index in [-0.39, 0.29) is 16.8 Å². The summed E-state index contributed by atoms with van der Waals surface area (Å²) in [6, 6.07) is 1.63. The Morgan fingerprint density at radius 2 is 2.05 bits per heavy atom. The first-order valence-electron chi connectivity index (χ1n) is 6.44. The van der Waals surface area contributed by atoms with Gasteiger partial charge in [-0.25, -0.2) is 9.78 Å². The monoisotopic (exact) mass is 300 g/mol. The molecule has 0 bridgehead atoms. The van der Waals surface area contributed by atoms with Crippen molar-refractivity contribution in [2.45, 2.75) is 46.3 Å². The summed E-state index contributed by atoms with van der Waals surface area (Å²) >= 11 is 6.00. The van der Waals surface area contributed by atoms with Crippen molar-refractivity contribution in [3.05, 3.63) is 23.0 Å². The van der Waals surface area contributed by atoms with Crippen molar-refractivity contribution in [1.29, 1.82) is 0 Å². The third-order valence-corrected chi connectivity index (χ3v) is 2.80. The largest absolute Gasteiger partial charge is 0.444 e. The molecule has 2 N–H and O–H groups in total. The first kappa shape index (κ1) is 16.7. The summed E-state index contributed by atoms with van der Waals surface area (Å²) in [7, 11) is 0. The van der Waals surface area contributed by atoms with Crippen LogP contribution in [0.4, 0.5) is 10.5 Å². The highest BCUT2D eigenvalue weighted by atomic mass is 35.5. The van der Waals surface area contributed by atoms with Gasteiger partial charge in [-0.1, -0.05) is 25.4 Å². The fraction of sp³-hybridized carbons (Fsp3) is 0.571. The number of amides is 1. The van der Waals surface area contributed by atoms with E-state index in [1.54, 1.807) is 26.8 Å². The molecule has 5 nitrogen and oxygen atoms in total. The van der Waals surface area contributed by atoms with Crippen LogP contribution in [0.3, 0.4) is 0 Å². The summed E-state index contributed by atoms with van der Waals surface area (Å²) in [4.78, 5) is 15.7. The Morgan fingerprint density at radius 1 is 1.45 bits per heavy atom. The van der Waals surface area contributed by atoms with E-state index in [2.05, 4.69) is 10.3 Å². The van der Waals surface area contributed by atoms with Crippen molar-refractivity contribution in [2.75, 3.05) is 5.32 Å². The Balaban J connectivity index is 3.02. The minimum atomic E-state index is -0.750. The standard InChI is InChI=1S/C14H21ClN2O3/c1-8(2)11(18)9-6-7-16-12(15)10(9)17-13(19)20-14(3,4)5/h6-8,11,18H,1-5H3,(H,17,19). The number of anilines is 1. The first-order chi connectivity index (χ1) is 9.11. The van der Waals surface area contributed by atoms with Crippen LogP contribution in [0.2, 0.25) is 5.15 Å². The van der Waals surface area contributed by atoms with E-state index in [9.17, 15) is 9.90 Å². The number of rotatable bonds is 3. The predicted molar refractivity (Wildman–Crippen MR) is 78.9 cm³/mol. The zero-order valence-corrected chi connectivity index (χ0v) is 13.2. The quantitative estimate of drug-likeness (QED) is 0.834. The van der Waals surface area contributed by atoms with E-state index in [0.717, 1.165) is 0 Å². The summed E-state index contributed by atoms with van der Waals surface area (Å²) in [5.74, 6) is -0.0207. The number of aliphatic hydroxyl groups excluding tert-OH is 1. The summed E-state index contributed by atoms with van der Waals surface area (Å²) in [5.41, 5.74) is 0.186. The molecular weight excluding hydrogens is 280 g/mol. The van der Waals surface area contributed by atoms with Gasteiger partial charge in [-0.2, -0.15) is 0 Å². The molecule has 0 spiro atoms. The normalized spacial score (nSPS) is 13.2. The van der Waals surface area contributed by atoms with Crippen LogP contribution >= 0.6 is 11.6 Å². The van der Waals surface area contributed by atoms with E-state index >= 15 is 0 Å². The van der Waals surface area contributed by atoms with Gasteiger partial charge in [0.05, 0.1) is 11.8 Å². The van der Waals surface area contributed by atoms with Crippen LogP contribution in [0.5, 0.6) is 0 Å². The average molecular weight is 301 g/mol. The lowest BCUT2D eigenvalue weighted by atomic mass is 9.99. The molecule has 1 amide bonds. The van der Waals surface area contributed by atoms with Gasteiger partial charge in [0.2, 0.25) is 0 Å². The van der Waals surface area contributed by atoms with Crippen LogP contribution in [0, 0.1) is 5.92 Å². The zero-order valence-electron chi connectivity index (χ0n) is 12.4. The average Bonchev–Trinajstić information content (AvgIpc) is 2.28. The summed E-state index contributed by atoms with van der Waals surface area (Å²) in [6.07, 6.45) is 0.105. The number of hydrogen-bond donors (Lipinski definition) is 2. The summed E-state index contributed by atoms with van der Waals surface area (Å²) in [6.45, 7) is 9.04. The smallest absolute Gasteiger partial charge is 0.412 e. The second-order valence-corrected chi connectivity index (χ2v) is 6.24. The molecule has 1 heterocycles. The van der Waals surface area contributed by atoms with Crippen LogP contribution in [-0.2, 0) is 4.74 Å². The molecular formula is C14H21ClN2O3. The highest BCUT2D eigenvalue weighted by Crippen LogP contribution is 2.32. The van der Waals surface area contributed by atoms with Crippen molar-refractivity contribution in [1.82, 2.24) is 4.98 Å². The number of aliphatic hydroxyl groups is 1. The van der Waals surface area contributed by atoms with E-state index in [1.807, 2.05) is 13.8 Å². The van der Waals surface area contributed by atoms with E-state index < -0.39 is 17.8 Å². The molecule has 1 aromatic rings. The van der Waals surface area contributed by atoms with Gasteiger partial charge < -0.3 is 9.84 Å². The summed E-state index contributed by atoms with van der Waals surface area (Å²) < 4.78 is 5.17. The van der Waals surface area contributed by atoms with Gasteiger partial charge >= 0.3 is 6.09 Å². The maximum absolute atomic E-state index is 11.8. The lowest BCUT2D eigenvalue weighted by molar-refractivity contribution is 0.0635. The SMILES string of the molecule is CC(C)C(O)c1ccnc(Cl)c1NC(=O)OC(C)(C)C. The molecule has 20 heavy (non-hydrogen) atoms. The van der Waals surface area contributed by atoms with Crippen molar-refractivity contribution in [3.8, 4) is 0 Å². The fourth-order valence-electron chi connectivity index (χ4n) is 1.58. The Morgan fingerprint density at radius 3 is 2.55 bits per heavy atom. The maximum atomic E-state index is 11.8. The second-order valence-electron chi connectivity index (χ2n) is 5.88. The third kappa shape index (κ3) is 4.65. The van der Waals surface area contributed by atoms with Gasteiger partial charge in [-0.05, 0) is 32.8 Å². The predicted octanol–water partition coefficient (Wildman–Crippen LogP) is 3.77. The van der Waals surface area contributed by atoms with Crippen molar-refractivity contribution in [3.63, 3.8) is 0 Å². The van der Waals surface area contributed by atoms with Crippen LogP contribution in [0.25, 0.3) is 0 Å². The molecule has 0 fully saturated rings. The Kier molecular flexibility index (Phi) is 5.36. The Hall–Kier alpha value is -1.33. The minimum absolute atomic E-state index is 0.0207. The van der Waals surface area contributed by atoms with Crippen LogP contribution in [0.15, 0.2) is 12.3 Å². The van der Waals surface area contributed by atoms with Gasteiger partial charge in [0.15, 0.2) is 5.15 Å². The molecule has 0 aliphatic carbocycles. The number of nitrogens with one attached hydrogen (secondary N) is 1. The number of ether oxygens (including phenoxy) is 1. The van der Waals surface area contributed by atoms with Gasteiger partial charge in [0, 0.05) is 11.8 Å². The molecule has 0 aliphatic rings. The molecule has 0 saturated heterocycles. The van der Waals surface area contributed by atoms with Crippen LogP contribution in [-0.4, -0.2) is 21.8 Å². The molecule has 112 valence electrons. The van der Waals surface area contributed by atoms with Gasteiger partial charge in [0.25, 0.3) is 0 Å². The molecule has 1 aromatic heterocycles. The Bertz CT molecular complexity index is 484. The molecule has 6 heteroatoms. The topological polar surface area (TPSA) is 71.5 Å². The van der Waals surface area contributed by atoms with Crippen molar-refractivity contribution >= 4 is 23.4 Å². The second kappa shape index (κ2) is 6.41.